The second kappa shape index (κ2) is 22.9. The normalized spacial score (nSPS) is 22.0. The first kappa shape index (κ1) is 41.7. The van der Waals surface area contributed by atoms with Gasteiger partial charge >= 0.3 is 7.82 Å². The first-order chi connectivity index (χ1) is 23.7. The van der Waals surface area contributed by atoms with E-state index in [0.717, 1.165) is 38.5 Å². The number of ether oxygens (including phenoxy) is 1. The molecule has 1 saturated heterocycles. The van der Waals surface area contributed by atoms with Crippen LogP contribution in [0.3, 0.4) is 0 Å². The molecule has 0 spiro atoms. The Morgan fingerprint density at radius 3 is 1.96 bits per heavy atom. The molecule has 15 heteroatoms. The van der Waals surface area contributed by atoms with Gasteiger partial charge in [-0.25, -0.2) is 19.5 Å². The van der Waals surface area contributed by atoms with Gasteiger partial charge in [-0.15, -0.1) is 0 Å². The molecule has 0 radical (unpaired) electrons. The maximum Gasteiger partial charge on any atom is 0.474 e. The van der Waals surface area contributed by atoms with Gasteiger partial charge in [-0.05, 0) is 25.7 Å². The molecule has 14 nitrogen and oxygen atoms in total. The molecule has 0 bridgehead atoms. The summed E-state index contributed by atoms with van der Waals surface area (Å²) in [6.07, 6.45) is 16.4. The van der Waals surface area contributed by atoms with Crippen LogP contribution in [0, 0.1) is 0 Å². The van der Waals surface area contributed by atoms with Gasteiger partial charge in [-0.3, -0.25) is 13.6 Å². The molecule has 6 N–H and O–H groups in total. The van der Waals surface area contributed by atoms with E-state index >= 15 is 0 Å². The van der Waals surface area contributed by atoms with Crippen molar-refractivity contribution in [3.63, 3.8) is 0 Å². The summed E-state index contributed by atoms with van der Waals surface area (Å²) < 4.78 is 29.6. The zero-order valence-corrected chi connectivity index (χ0v) is 30.5. The van der Waals surface area contributed by atoms with Crippen molar-refractivity contribution >= 4 is 24.8 Å². The number of unbranched alkanes of at least 4 members (excludes halogenated alkanes) is 16. The van der Waals surface area contributed by atoms with E-state index in [1.165, 1.54) is 87.9 Å². The molecule has 0 amide bonds. The number of nitrogens with one attached hydrogen (secondary N) is 1. The minimum atomic E-state index is -4.68. The standard InChI is InChI=1S/C34H62N5O9P/c1-3-5-7-9-11-13-15-17-19-21-27(40)38-32-29-33(36-24-35-32)39(25-37-29)34-31(43)30(42)26(47-34)23-46-49(44,45)48-28(41)22-20-18-16-14-12-10-8-6-4-2/h24-28,30-31,34,40-43H,3-23H2,1-2H3,(H,44,45)(H,35,36,38)/t26-,27?,28?,30-,31-,34-/m1/s1. The van der Waals surface area contributed by atoms with E-state index in [2.05, 4.69) is 34.1 Å². The third-order valence-corrected chi connectivity index (χ3v) is 10.1. The highest BCUT2D eigenvalue weighted by molar-refractivity contribution is 7.47. The predicted molar refractivity (Wildman–Crippen MR) is 187 cm³/mol. The largest absolute Gasteiger partial charge is 0.474 e. The number of imidazole rings is 1. The lowest BCUT2D eigenvalue weighted by Gasteiger charge is -2.19. The summed E-state index contributed by atoms with van der Waals surface area (Å²) in [5, 5.41) is 45.1. The Balaban J connectivity index is 1.42. The Labute approximate surface area is 291 Å². The second-order valence-electron chi connectivity index (χ2n) is 13.3. The van der Waals surface area contributed by atoms with Crippen LogP contribution in [-0.2, 0) is 18.3 Å². The van der Waals surface area contributed by atoms with Crippen LogP contribution in [0.4, 0.5) is 5.82 Å². The Morgan fingerprint density at radius 2 is 1.37 bits per heavy atom. The monoisotopic (exact) mass is 715 g/mol. The van der Waals surface area contributed by atoms with Crippen LogP contribution in [-0.4, -0.2) is 82.3 Å². The second-order valence-corrected chi connectivity index (χ2v) is 14.7. The molecule has 1 aliphatic heterocycles. The Morgan fingerprint density at radius 1 is 0.816 bits per heavy atom. The number of anilines is 1. The van der Waals surface area contributed by atoms with Crippen LogP contribution in [0.5, 0.6) is 0 Å². The number of hydrogen-bond acceptors (Lipinski definition) is 12. The van der Waals surface area contributed by atoms with Crippen molar-refractivity contribution < 1.29 is 43.7 Å². The third-order valence-electron chi connectivity index (χ3n) is 9.07. The van der Waals surface area contributed by atoms with E-state index in [-0.39, 0.29) is 6.42 Å². The fourth-order valence-electron chi connectivity index (χ4n) is 6.15. The summed E-state index contributed by atoms with van der Waals surface area (Å²) in [6, 6.07) is 0. The first-order valence-electron chi connectivity index (χ1n) is 18.6. The van der Waals surface area contributed by atoms with Gasteiger partial charge in [0.15, 0.2) is 29.5 Å². The van der Waals surface area contributed by atoms with Gasteiger partial charge in [0.25, 0.3) is 0 Å². The summed E-state index contributed by atoms with van der Waals surface area (Å²) in [7, 11) is -4.68. The molecule has 0 saturated carbocycles. The zero-order chi connectivity index (χ0) is 35.5. The van der Waals surface area contributed by atoms with Crippen molar-refractivity contribution in [2.24, 2.45) is 0 Å². The fourth-order valence-corrected chi connectivity index (χ4v) is 6.96. The van der Waals surface area contributed by atoms with Gasteiger partial charge in [-0.2, -0.15) is 0 Å². The smallest absolute Gasteiger partial charge is 0.387 e. The average Bonchev–Trinajstić information content (AvgIpc) is 3.62. The summed E-state index contributed by atoms with van der Waals surface area (Å²) in [6.45, 7) is 3.83. The number of aliphatic hydroxyl groups is 4. The van der Waals surface area contributed by atoms with Gasteiger partial charge in [0.05, 0.1) is 12.9 Å². The number of fused-ring (bicyclic) bond motifs is 1. The van der Waals surface area contributed by atoms with Gasteiger partial charge in [0.1, 0.15) is 30.9 Å². The minimum Gasteiger partial charge on any atom is -0.387 e. The number of phosphoric ester groups is 1. The fraction of sp³-hybridized carbons (Fsp3) is 0.853. The van der Waals surface area contributed by atoms with E-state index in [1.54, 1.807) is 0 Å². The molecule has 3 heterocycles. The van der Waals surface area contributed by atoms with Crippen molar-refractivity contribution in [3.05, 3.63) is 12.7 Å². The molecular formula is C34H62N5O9P. The van der Waals surface area contributed by atoms with Gasteiger partial charge < -0.3 is 35.4 Å². The van der Waals surface area contributed by atoms with E-state index in [1.807, 2.05) is 0 Å². The van der Waals surface area contributed by atoms with E-state index in [0.29, 0.717) is 29.8 Å². The number of aromatic nitrogens is 4. The van der Waals surface area contributed by atoms with Crippen LogP contribution in [0.25, 0.3) is 11.2 Å². The SMILES string of the molecule is CCCCCCCCCCCC(O)Nc1ncnc2c1ncn2[C@@H]1O[C@H](COP(=O)(O)OC(O)CCCCCCCCCCC)[C@@H](O)[C@H]1O. The predicted octanol–water partition coefficient (Wildman–Crippen LogP) is 6.47. The number of nitrogens with zero attached hydrogens (tertiary/aromatic N) is 4. The number of hydrogen-bond donors (Lipinski definition) is 6. The lowest BCUT2D eigenvalue weighted by molar-refractivity contribution is -0.0699. The molecule has 2 aromatic heterocycles. The first-order valence-corrected chi connectivity index (χ1v) is 20.1. The number of phosphoric acid groups is 1. The zero-order valence-electron chi connectivity index (χ0n) is 29.6. The molecule has 1 aliphatic rings. The minimum absolute atomic E-state index is 0.190. The van der Waals surface area contributed by atoms with Gasteiger partial charge in [0.2, 0.25) is 0 Å². The molecule has 3 rings (SSSR count). The van der Waals surface area contributed by atoms with Crippen LogP contribution < -0.4 is 5.32 Å². The van der Waals surface area contributed by atoms with Crippen molar-refractivity contribution in [1.82, 2.24) is 19.5 Å². The quantitative estimate of drug-likeness (QED) is 0.0318. The van der Waals surface area contributed by atoms with Crippen molar-refractivity contribution in [2.45, 2.75) is 179 Å². The van der Waals surface area contributed by atoms with E-state index in [9.17, 15) is 29.9 Å². The molecule has 1 fully saturated rings. The van der Waals surface area contributed by atoms with Crippen LogP contribution in [0.2, 0.25) is 0 Å². The lowest BCUT2D eigenvalue weighted by Crippen LogP contribution is -2.33. The Bertz CT molecular complexity index is 1220. The van der Waals surface area contributed by atoms with Gasteiger partial charge in [0, 0.05) is 0 Å². The Hall–Kier alpha value is -1.74. The summed E-state index contributed by atoms with van der Waals surface area (Å²) in [5.74, 6) is 0.319. The summed E-state index contributed by atoms with van der Waals surface area (Å²) in [5.41, 5.74) is 0.634. The molecule has 0 aromatic carbocycles. The number of aliphatic hydroxyl groups excluding tert-OH is 4. The third kappa shape index (κ3) is 14.8. The Kier molecular flexibility index (Phi) is 19.5. The van der Waals surface area contributed by atoms with E-state index in [4.69, 9.17) is 13.8 Å². The van der Waals surface area contributed by atoms with Crippen LogP contribution >= 0.6 is 7.82 Å². The molecule has 7 atom stereocenters. The van der Waals surface area contributed by atoms with Crippen LogP contribution in [0.1, 0.15) is 148 Å². The average molecular weight is 716 g/mol. The maximum atomic E-state index is 12.5. The van der Waals surface area contributed by atoms with Crippen LogP contribution in [0.15, 0.2) is 12.7 Å². The van der Waals surface area contributed by atoms with Crippen molar-refractivity contribution in [2.75, 3.05) is 11.9 Å². The van der Waals surface area contributed by atoms with Gasteiger partial charge in [-0.1, -0.05) is 117 Å². The summed E-state index contributed by atoms with van der Waals surface area (Å²) in [4.78, 5) is 23.0. The highest BCUT2D eigenvalue weighted by Gasteiger charge is 2.45. The molecular weight excluding hydrogens is 653 g/mol. The molecule has 49 heavy (non-hydrogen) atoms. The molecule has 3 unspecified atom stereocenters. The molecule has 0 aliphatic carbocycles. The van der Waals surface area contributed by atoms with Crippen molar-refractivity contribution in [3.8, 4) is 0 Å². The highest BCUT2D eigenvalue weighted by Crippen LogP contribution is 2.46. The van der Waals surface area contributed by atoms with Crippen molar-refractivity contribution in [1.29, 1.82) is 0 Å². The lowest BCUT2D eigenvalue weighted by atomic mass is 10.1. The number of rotatable bonds is 28. The van der Waals surface area contributed by atoms with E-state index < -0.39 is 51.5 Å². The molecule has 2 aromatic rings. The maximum absolute atomic E-state index is 12.5. The summed E-state index contributed by atoms with van der Waals surface area (Å²) >= 11 is 0. The molecule has 282 valence electrons. The highest BCUT2D eigenvalue weighted by atomic mass is 31.2. The topological polar surface area (TPSA) is 202 Å².